The van der Waals surface area contributed by atoms with E-state index in [-0.39, 0.29) is 6.10 Å². The highest BCUT2D eigenvalue weighted by Gasteiger charge is 2.08. The summed E-state index contributed by atoms with van der Waals surface area (Å²) in [6.45, 7) is 3.72. The van der Waals surface area contributed by atoms with Gasteiger partial charge in [0.1, 0.15) is 5.75 Å². The number of hydrogen-bond donors (Lipinski definition) is 1. The zero-order valence-corrected chi connectivity index (χ0v) is 8.69. The van der Waals surface area contributed by atoms with E-state index in [2.05, 4.69) is 0 Å². The van der Waals surface area contributed by atoms with Crippen LogP contribution in [-0.4, -0.2) is 18.3 Å². The Balaban J connectivity index is 3.09. The van der Waals surface area contributed by atoms with Crippen LogP contribution in [-0.2, 0) is 0 Å². The van der Waals surface area contributed by atoms with E-state index in [9.17, 15) is 9.59 Å². The van der Waals surface area contributed by atoms with Crippen LogP contribution in [0.15, 0.2) is 18.2 Å². The second kappa shape index (κ2) is 4.59. The van der Waals surface area contributed by atoms with Crippen LogP contribution in [0.5, 0.6) is 5.75 Å². The van der Waals surface area contributed by atoms with Crippen molar-refractivity contribution in [2.45, 2.75) is 20.0 Å². The molecule has 2 N–H and O–H groups in total. The fraction of sp³-hybridized carbons (Fsp3) is 0.273. The average Bonchev–Trinajstić information content (AvgIpc) is 2.17. The van der Waals surface area contributed by atoms with Crippen LogP contribution in [0.3, 0.4) is 0 Å². The van der Waals surface area contributed by atoms with E-state index in [0.29, 0.717) is 23.2 Å². The molecule has 80 valence electrons. The standard InChI is InChI=1S/C11H13NO3/c1-7(2)15-10-4-3-8(11(12)14)5-9(10)6-13/h3-7H,1-2H3,(H2,12,14). The van der Waals surface area contributed by atoms with Gasteiger partial charge in [0, 0.05) is 5.56 Å². The minimum atomic E-state index is -0.561. The lowest BCUT2D eigenvalue weighted by molar-refractivity contribution is 0.1000. The number of nitrogens with two attached hydrogens (primary N) is 1. The SMILES string of the molecule is CC(C)Oc1ccc(C(N)=O)cc1C=O. The first-order valence-electron chi connectivity index (χ1n) is 4.60. The number of primary amides is 1. The molecule has 0 bridgehead atoms. The van der Waals surface area contributed by atoms with E-state index in [1.165, 1.54) is 12.1 Å². The molecule has 0 aromatic heterocycles. The van der Waals surface area contributed by atoms with Gasteiger partial charge in [-0.3, -0.25) is 9.59 Å². The number of rotatable bonds is 4. The summed E-state index contributed by atoms with van der Waals surface area (Å²) in [5.74, 6) is -0.0980. The normalized spacial score (nSPS) is 10.1. The lowest BCUT2D eigenvalue weighted by Crippen LogP contribution is -2.12. The highest BCUT2D eigenvalue weighted by atomic mass is 16.5. The summed E-state index contributed by atoms with van der Waals surface area (Å²) in [5, 5.41) is 0. The maximum absolute atomic E-state index is 10.9. The Morgan fingerprint density at radius 3 is 2.60 bits per heavy atom. The first kappa shape index (κ1) is 11.2. The molecule has 0 radical (unpaired) electrons. The predicted octanol–water partition coefficient (Wildman–Crippen LogP) is 1.39. The highest BCUT2D eigenvalue weighted by molar-refractivity contribution is 5.95. The third-order valence-electron chi connectivity index (χ3n) is 1.78. The van der Waals surface area contributed by atoms with Crippen molar-refractivity contribution in [1.82, 2.24) is 0 Å². The average molecular weight is 207 g/mol. The van der Waals surface area contributed by atoms with Gasteiger partial charge >= 0.3 is 0 Å². The monoisotopic (exact) mass is 207 g/mol. The molecule has 0 saturated carbocycles. The molecule has 1 aromatic carbocycles. The fourth-order valence-corrected chi connectivity index (χ4v) is 1.16. The molecule has 1 aromatic rings. The summed E-state index contributed by atoms with van der Waals surface area (Å²) in [5.41, 5.74) is 5.73. The lowest BCUT2D eigenvalue weighted by Gasteiger charge is -2.11. The van der Waals surface area contributed by atoms with Crippen LogP contribution in [0, 0.1) is 0 Å². The number of hydrogen-bond acceptors (Lipinski definition) is 3. The number of aldehydes is 1. The van der Waals surface area contributed by atoms with Gasteiger partial charge in [0.15, 0.2) is 6.29 Å². The maximum Gasteiger partial charge on any atom is 0.248 e. The van der Waals surface area contributed by atoms with Gasteiger partial charge in [-0.1, -0.05) is 0 Å². The van der Waals surface area contributed by atoms with E-state index in [4.69, 9.17) is 10.5 Å². The molecule has 0 saturated heterocycles. The minimum Gasteiger partial charge on any atom is -0.490 e. The van der Waals surface area contributed by atoms with Crippen molar-refractivity contribution in [2.75, 3.05) is 0 Å². The molecule has 1 rings (SSSR count). The first-order chi connectivity index (χ1) is 7.04. The van der Waals surface area contributed by atoms with E-state index in [1.54, 1.807) is 6.07 Å². The molecule has 0 aliphatic rings. The highest BCUT2D eigenvalue weighted by Crippen LogP contribution is 2.19. The number of benzene rings is 1. The number of carbonyl (C=O) groups excluding carboxylic acids is 2. The number of carbonyl (C=O) groups is 2. The topological polar surface area (TPSA) is 69.4 Å². The van der Waals surface area contributed by atoms with Crippen molar-refractivity contribution >= 4 is 12.2 Å². The molecule has 15 heavy (non-hydrogen) atoms. The van der Waals surface area contributed by atoms with Gasteiger partial charge in [-0.05, 0) is 32.0 Å². The van der Waals surface area contributed by atoms with Crippen molar-refractivity contribution in [1.29, 1.82) is 0 Å². The van der Waals surface area contributed by atoms with Crippen molar-refractivity contribution in [2.24, 2.45) is 5.73 Å². The summed E-state index contributed by atoms with van der Waals surface area (Å²) in [6.07, 6.45) is 0.618. The summed E-state index contributed by atoms with van der Waals surface area (Å²) in [6, 6.07) is 4.53. The molecular weight excluding hydrogens is 194 g/mol. The Kier molecular flexibility index (Phi) is 3.44. The number of amides is 1. The molecule has 0 aliphatic carbocycles. The molecule has 4 heteroatoms. The smallest absolute Gasteiger partial charge is 0.248 e. The Hall–Kier alpha value is -1.84. The van der Waals surface area contributed by atoms with Crippen molar-refractivity contribution in [3.8, 4) is 5.75 Å². The van der Waals surface area contributed by atoms with Gasteiger partial charge in [-0.15, -0.1) is 0 Å². The first-order valence-corrected chi connectivity index (χ1v) is 4.60. The predicted molar refractivity (Wildman–Crippen MR) is 56.1 cm³/mol. The van der Waals surface area contributed by atoms with Crippen LogP contribution in [0.4, 0.5) is 0 Å². The van der Waals surface area contributed by atoms with Crippen molar-refractivity contribution in [3.63, 3.8) is 0 Å². The van der Waals surface area contributed by atoms with Gasteiger partial charge in [-0.25, -0.2) is 0 Å². The summed E-state index contributed by atoms with van der Waals surface area (Å²) in [4.78, 5) is 21.6. The Morgan fingerprint density at radius 2 is 2.13 bits per heavy atom. The minimum absolute atomic E-state index is 0.0249. The molecule has 0 unspecified atom stereocenters. The van der Waals surface area contributed by atoms with Crippen LogP contribution >= 0.6 is 0 Å². The molecule has 1 amide bonds. The summed E-state index contributed by atoms with van der Waals surface area (Å²) >= 11 is 0. The van der Waals surface area contributed by atoms with Gasteiger partial charge in [0.05, 0.1) is 11.7 Å². The van der Waals surface area contributed by atoms with Crippen LogP contribution in [0.25, 0.3) is 0 Å². The van der Waals surface area contributed by atoms with Gasteiger partial charge in [-0.2, -0.15) is 0 Å². The largest absolute Gasteiger partial charge is 0.490 e. The molecule has 0 atom stereocenters. The second-order valence-corrected chi connectivity index (χ2v) is 3.40. The van der Waals surface area contributed by atoms with Crippen LogP contribution in [0.2, 0.25) is 0 Å². The molecule has 0 fully saturated rings. The zero-order chi connectivity index (χ0) is 11.4. The zero-order valence-electron chi connectivity index (χ0n) is 8.69. The van der Waals surface area contributed by atoms with Crippen LogP contribution < -0.4 is 10.5 Å². The molecule has 0 heterocycles. The molecule has 0 aliphatic heterocycles. The fourth-order valence-electron chi connectivity index (χ4n) is 1.16. The second-order valence-electron chi connectivity index (χ2n) is 3.40. The number of ether oxygens (including phenoxy) is 1. The third-order valence-corrected chi connectivity index (χ3v) is 1.78. The Morgan fingerprint density at radius 1 is 1.47 bits per heavy atom. The Labute approximate surface area is 88.0 Å². The van der Waals surface area contributed by atoms with E-state index < -0.39 is 5.91 Å². The molecular formula is C11H13NO3. The summed E-state index contributed by atoms with van der Waals surface area (Å²) in [7, 11) is 0. The lowest BCUT2D eigenvalue weighted by atomic mass is 10.1. The van der Waals surface area contributed by atoms with Crippen molar-refractivity contribution in [3.05, 3.63) is 29.3 Å². The van der Waals surface area contributed by atoms with Gasteiger partial charge in [0.25, 0.3) is 0 Å². The van der Waals surface area contributed by atoms with E-state index in [0.717, 1.165) is 0 Å². The van der Waals surface area contributed by atoms with Gasteiger partial charge in [0.2, 0.25) is 5.91 Å². The Bertz CT molecular complexity index is 385. The van der Waals surface area contributed by atoms with E-state index in [1.807, 2.05) is 13.8 Å². The summed E-state index contributed by atoms with van der Waals surface area (Å²) < 4.78 is 5.39. The quantitative estimate of drug-likeness (QED) is 0.758. The van der Waals surface area contributed by atoms with Crippen LogP contribution in [0.1, 0.15) is 34.6 Å². The van der Waals surface area contributed by atoms with E-state index >= 15 is 0 Å². The molecule has 4 nitrogen and oxygen atoms in total. The third kappa shape index (κ3) is 2.80. The molecule has 0 spiro atoms. The van der Waals surface area contributed by atoms with Gasteiger partial charge < -0.3 is 10.5 Å². The van der Waals surface area contributed by atoms with Crippen molar-refractivity contribution < 1.29 is 14.3 Å². The maximum atomic E-state index is 10.9.